The number of carbonyl (C=O) groups is 1. The molecule has 18 radical (unpaired) electrons. The van der Waals surface area contributed by atoms with Gasteiger partial charge in [0.25, 0.3) is 5.91 Å². The zero-order valence-corrected chi connectivity index (χ0v) is 22.1. The molecule has 1 atom stereocenters. The highest BCUT2D eigenvalue weighted by molar-refractivity contribution is 7.98. The Balaban J connectivity index is 1.92. The molecule has 2 aliphatic rings. The number of nitrogens with zero attached hydrogens (tertiary/aromatic N) is 3. The smallest absolute Gasteiger partial charge is 0.276 e. The van der Waals surface area contributed by atoms with Crippen LogP contribution in [0, 0.1) is 0 Å². The minimum Gasteiger partial charge on any atom is -0.502 e. The Hall–Kier alpha value is -2.61. The van der Waals surface area contributed by atoms with Crippen molar-refractivity contribution >= 4 is 88.3 Å². The van der Waals surface area contributed by atoms with Crippen molar-refractivity contribution in [3.05, 3.63) is 93.4 Å². The topological polar surface area (TPSA) is 65.8 Å². The van der Waals surface area contributed by atoms with Gasteiger partial charge in [0.15, 0.2) is 11.4 Å². The lowest BCUT2D eigenvalue weighted by molar-refractivity contribution is 0.0396. The number of rotatable bonds is 4. The van der Waals surface area contributed by atoms with Crippen molar-refractivity contribution in [3.8, 4) is 5.75 Å². The second-order valence-corrected chi connectivity index (χ2v) is 11.1. The third kappa shape index (κ3) is 4.07. The van der Waals surface area contributed by atoms with Crippen LogP contribution >= 0.6 is 11.8 Å². The lowest BCUT2D eigenvalue weighted by atomic mass is 9.17. The number of carbonyl (C=O) groups excluding carboxylic acids is 1. The summed E-state index contributed by atoms with van der Waals surface area (Å²) >= 11 is 1.58. The molecule has 0 spiro atoms. The lowest BCUT2D eigenvalue weighted by Crippen LogP contribution is -2.81. The first-order valence-electron chi connectivity index (χ1n) is 12.0. The highest BCUT2D eigenvalue weighted by Crippen LogP contribution is 2.52. The van der Waals surface area contributed by atoms with E-state index in [1.54, 1.807) is 11.8 Å². The van der Waals surface area contributed by atoms with Gasteiger partial charge >= 0.3 is 0 Å². The van der Waals surface area contributed by atoms with E-state index in [-0.39, 0.29) is 0 Å². The van der Waals surface area contributed by atoms with Gasteiger partial charge < -0.3 is 10.0 Å². The van der Waals surface area contributed by atoms with Crippen LogP contribution in [0.4, 0.5) is 0 Å². The van der Waals surface area contributed by atoms with Crippen LogP contribution in [-0.4, -0.2) is 102 Å². The molecule has 1 amide bonds. The summed E-state index contributed by atoms with van der Waals surface area (Å²) in [6.45, 7) is 0. The molecule has 1 aromatic heterocycles. The summed E-state index contributed by atoms with van der Waals surface area (Å²) in [6.07, 6.45) is 1.25. The molecule has 1 N–H and O–H groups in total. The summed E-state index contributed by atoms with van der Waals surface area (Å²) in [4.78, 5) is 28.1. The monoisotopic (exact) mass is 523 g/mol. The number of fused-ring (bicyclic) bond motifs is 3. The van der Waals surface area contributed by atoms with E-state index in [1.807, 2.05) is 48.5 Å². The number of thioether (sulfide) groups is 1. The van der Waals surface area contributed by atoms with Gasteiger partial charge in [-0.05, 0) is 28.2 Å². The van der Waals surface area contributed by atoms with Gasteiger partial charge in [-0.3, -0.25) is 19.3 Å². The molecule has 176 valence electrons. The summed E-state index contributed by atoms with van der Waals surface area (Å²) < 4.78 is 1.18. The van der Waals surface area contributed by atoms with Crippen LogP contribution < -0.4 is 10.4 Å². The SMILES string of the molecule is [B]C1([B])N(C2c3ccccc3CSc3ccccc32)n2ccc(=O)c(O)c2C(=O)N1C([B])(C([B])([B])[B])C([B])([B])[B]. The van der Waals surface area contributed by atoms with Gasteiger partial charge in [0, 0.05) is 28.4 Å². The molecule has 0 bridgehead atoms. The van der Waals surface area contributed by atoms with Gasteiger partial charge in [0.1, 0.15) is 15.7 Å². The second kappa shape index (κ2) is 9.47. The first-order chi connectivity index (χ1) is 18.5. The third-order valence-electron chi connectivity index (χ3n) is 7.28. The lowest BCUT2D eigenvalue weighted by Gasteiger charge is -2.69. The van der Waals surface area contributed by atoms with Crippen LogP contribution in [0.1, 0.15) is 33.2 Å². The molecule has 0 aliphatic carbocycles. The highest BCUT2D eigenvalue weighted by Gasteiger charge is 2.58. The Bertz CT molecular complexity index is 1510. The predicted molar refractivity (Wildman–Crippen MR) is 164 cm³/mol. The maximum atomic E-state index is 14.1. The van der Waals surface area contributed by atoms with Crippen molar-refractivity contribution in [3.63, 3.8) is 0 Å². The van der Waals surface area contributed by atoms with Crippen molar-refractivity contribution in [1.82, 2.24) is 9.58 Å². The third-order valence-corrected chi connectivity index (χ3v) is 8.42. The molecule has 0 fully saturated rings. The summed E-state index contributed by atoms with van der Waals surface area (Å²) in [6, 6.07) is 15.2. The number of pyridine rings is 1. The van der Waals surface area contributed by atoms with Crippen LogP contribution in [-0.2, 0) is 5.75 Å². The van der Waals surface area contributed by atoms with E-state index in [2.05, 4.69) is 0 Å². The Morgan fingerprint density at radius 1 is 0.850 bits per heavy atom. The Morgan fingerprint density at radius 3 is 2.05 bits per heavy atom. The molecule has 0 saturated heterocycles. The minimum absolute atomic E-state index is 0.526. The van der Waals surface area contributed by atoms with E-state index in [1.165, 1.54) is 15.9 Å². The predicted octanol–water partition coefficient (Wildman–Crippen LogP) is -0.685. The van der Waals surface area contributed by atoms with Crippen molar-refractivity contribution < 1.29 is 9.90 Å². The van der Waals surface area contributed by atoms with E-state index < -0.39 is 49.9 Å². The molecule has 0 saturated carbocycles. The first kappa shape index (κ1) is 28.9. The molecule has 2 aromatic carbocycles. The zero-order chi connectivity index (χ0) is 29.4. The average molecular weight is 522 g/mol. The normalized spacial score (nSPS) is 18.8. The fourth-order valence-corrected chi connectivity index (χ4v) is 6.43. The molecule has 16 heteroatoms. The standard InChI is InChI=1S/C24H14B9N3O3S/c25-21(22(26,27)28,23(29,30)31)35-20(39)18-19(38)15(37)9-10-34(18)36(24(35,32)33)17-13-6-2-1-5-12(13)11-40-16-8-4-3-7-14(16)17/h1-10,17,38H,11H2. The Kier molecular flexibility index (Phi) is 6.84. The second-order valence-electron chi connectivity index (χ2n) is 10.1. The largest absolute Gasteiger partial charge is 0.502 e. The molecule has 3 aromatic rings. The highest BCUT2D eigenvalue weighted by atomic mass is 32.2. The molecule has 2 aliphatic heterocycles. The van der Waals surface area contributed by atoms with Crippen molar-refractivity contribution in [1.29, 1.82) is 0 Å². The average Bonchev–Trinajstić information content (AvgIpc) is 3.01. The Morgan fingerprint density at radius 2 is 1.43 bits per heavy atom. The summed E-state index contributed by atoms with van der Waals surface area (Å²) in [5, 5.41) is 7.03. The van der Waals surface area contributed by atoms with E-state index >= 15 is 0 Å². The van der Waals surface area contributed by atoms with E-state index in [9.17, 15) is 14.7 Å². The number of aromatic nitrogens is 1. The van der Waals surface area contributed by atoms with Gasteiger partial charge in [0.2, 0.25) is 5.43 Å². The molecular weight excluding hydrogens is 508 g/mol. The van der Waals surface area contributed by atoms with Crippen molar-refractivity contribution in [2.45, 2.75) is 37.8 Å². The minimum atomic E-state index is -2.78. The summed E-state index contributed by atoms with van der Waals surface area (Å²) in [7, 11) is 56.5. The maximum absolute atomic E-state index is 14.1. The quantitative estimate of drug-likeness (QED) is 0.461. The van der Waals surface area contributed by atoms with E-state index in [0.717, 1.165) is 27.7 Å². The number of hydrogen-bond donors (Lipinski definition) is 1. The van der Waals surface area contributed by atoms with Crippen LogP contribution in [0.25, 0.3) is 0 Å². The van der Waals surface area contributed by atoms with Gasteiger partial charge in [-0.1, -0.05) is 42.5 Å². The number of hydrogen-bond acceptors (Lipinski definition) is 5. The number of amides is 1. The van der Waals surface area contributed by atoms with E-state index in [4.69, 9.17) is 70.6 Å². The van der Waals surface area contributed by atoms with Crippen LogP contribution in [0.15, 0.2) is 70.5 Å². The summed E-state index contributed by atoms with van der Waals surface area (Å²) in [5.41, 5.74) is -4.31. The molecule has 40 heavy (non-hydrogen) atoms. The first-order valence-corrected chi connectivity index (χ1v) is 13.0. The van der Waals surface area contributed by atoms with Crippen molar-refractivity contribution in [2.75, 3.05) is 5.01 Å². The molecule has 5 rings (SSSR count). The fourth-order valence-electron chi connectivity index (χ4n) is 5.33. The fraction of sp³-hybridized carbons (Fsp3) is 0.250. The van der Waals surface area contributed by atoms with Gasteiger partial charge in [-0.2, -0.15) is 0 Å². The van der Waals surface area contributed by atoms with Gasteiger partial charge in [-0.25, -0.2) is 0 Å². The van der Waals surface area contributed by atoms with Crippen LogP contribution in [0.5, 0.6) is 5.75 Å². The van der Waals surface area contributed by atoms with Crippen LogP contribution in [0.3, 0.4) is 0 Å². The molecular formula is C24H14B9N3O3S. The summed E-state index contributed by atoms with van der Waals surface area (Å²) in [5.74, 6) is -1.54. The van der Waals surface area contributed by atoms with Gasteiger partial charge in [0.05, 0.1) is 61.0 Å². The van der Waals surface area contributed by atoms with E-state index in [0.29, 0.717) is 10.7 Å². The van der Waals surface area contributed by atoms with Crippen molar-refractivity contribution in [2.24, 2.45) is 0 Å². The number of benzene rings is 2. The Labute approximate surface area is 249 Å². The zero-order valence-electron chi connectivity index (χ0n) is 21.3. The van der Waals surface area contributed by atoms with Gasteiger partial charge in [-0.15, -0.1) is 22.0 Å². The molecule has 3 heterocycles. The van der Waals surface area contributed by atoms with Crippen LogP contribution in [0.2, 0.25) is 10.2 Å². The molecule has 1 unspecified atom stereocenters. The molecule has 6 nitrogen and oxygen atoms in total. The maximum Gasteiger partial charge on any atom is 0.276 e. The number of aromatic hydroxyl groups is 1.